The van der Waals surface area contributed by atoms with Gasteiger partial charge in [0.2, 0.25) is 0 Å². The van der Waals surface area contributed by atoms with Crippen LogP contribution in [0, 0.1) is 5.82 Å². The first-order valence-electron chi connectivity index (χ1n) is 11.2. The van der Waals surface area contributed by atoms with Crippen molar-refractivity contribution in [1.29, 1.82) is 0 Å². The Labute approximate surface area is 191 Å². The maximum Gasteiger partial charge on any atom is 0.255 e. The molecule has 1 aliphatic heterocycles. The first-order valence-corrected chi connectivity index (χ1v) is 11.2. The Balaban J connectivity index is 1.43. The first kappa shape index (κ1) is 21.2. The predicted octanol–water partition coefficient (Wildman–Crippen LogP) is 4.84. The van der Waals surface area contributed by atoms with Crippen molar-refractivity contribution in [2.75, 3.05) is 19.6 Å². The van der Waals surface area contributed by atoms with E-state index in [0.29, 0.717) is 23.4 Å². The van der Waals surface area contributed by atoms with Gasteiger partial charge in [0, 0.05) is 18.3 Å². The van der Waals surface area contributed by atoms with Gasteiger partial charge in [-0.3, -0.25) is 9.69 Å². The third-order valence-corrected chi connectivity index (χ3v) is 6.01. The molecular weight excluding hydrogens is 419 g/mol. The Morgan fingerprint density at radius 1 is 1.03 bits per heavy atom. The third-order valence-electron chi connectivity index (χ3n) is 6.01. The first-order chi connectivity index (χ1) is 16.2. The molecule has 0 aliphatic carbocycles. The van der Waals surface area contributed by atoms with E-state index in [2.05, 4.69) is 15.3 Å². The van der Waals surface area contributed by atoms with Crippen LogP contribution in [0.25, 0.3) is 16.9 Å². The van der Waals surface area contributed by atoms with Gasteiger partial charge in [0.05, 0.1) is 23.6 Å². The van der Waals surface area contributed by atoms with Gasteiger partial charge in [0.15, 0.2) is 0 Å². The molecule has 2 aromatic carbocycles. The van der Waals surface area contributed by atoms with Crippen LogP contribution in [-0.4, -0.2) is 40.2 Å². The van der Waals surface area contributed by atoms with Crippen LogP contribution in [0.4, 0.5) is 4.39 Å². The van der Waals surface area contributed by atoms with Crippen LogP contribution in [0.3, 0.4) is 0 Å². The quantitative estimate of drug-likeness (QED) is 0.443. The van der Waals surface area contributed by atoms with Crippen molar-refractivity contribution < 1.29 is 13.6 Å². The normalized spacial score (nSPS) is 14.9. The molecule has 168 valence electrons. The number of rotatable bonds is 7. The van der Waals surface area contributed by atoms with Crippen LogP contribution in [-0.2, 0) is 0 Å². The van der Waals surface area contributed by atoms with Crippen LogP contribution in [0.5, 0.6) is 0 Å². The van der Waals surface area contributed by atoms with Crippen molar-refractivity contribution in [2.24, 2.45) is 0 Å². The zero-order chi connectivity index (χ0) is 22.6. The molecule has 5 rings (SSSR count). The largest absolute Gasteiger partial charge is 0.468 e. The molecule has 1 fully saturated rings. The molecule has 2 aromatic heterocycles. The number of aromatic nitrogens is 2. The summed E-state index contributed by atoms with van der Waals surface area (Å²) in [6.45, 7) is 2.38. The van der Waals surface area contributed by atoms with E-state index in [9.17, 15) is 9.18 Å². The molecule has 0 saturated carbocycles. The number of furan rings is 1. The van der Waals surface area contributed by atoms with Gasteiger partial charge in [-0.2, -0.15) is 5.10 Å². The molecule has 1 saturated heterocycles. The molecule has 1 unspecified atom stereocenters. The number of hydrogen-bond donors (Lipinski definition) is 1. The minimum absolute atomic E-state index is 0.0233. The minimum Gasteiger partial charge on any atom is -0.468 e. The van der Waals surface area contributed by atoms with Gasteiger partial charge >= 0.3 is 0 Å². The maximum absolute atomic E-state index is 13.5. The summed E-state index contributed by atoms with van der Waals surface area (Å²) in [5.74, 6) is 0.280. The lowest BCUT2D eigenvalue weighted by molar-refractivity contribution is 0.0934. The van der Waals surface area contributed by atoms with Crippen molar-refractivity contribution >= 4 is 5.91 Å². The topological polar surface area (TPSA) is 63.3 Å². The molecule has 6 nitrogen and oxygen atoms in total. The molecule has 33 heavy (non-hydrogen) atoms. The van der Waals surface area contributed by atoms with E-state index >= 15 is 0 Å². The fourth-order valence-electron chi connectivity index (χ4n) is 4.30. The fourth-order valence-corrected chi connectivity index (χ4v) is 4.30. The van der Waals surface area contributed by atoms with Crippen LogP contribution in [0.15, 0.2) is 83.6 Å². The number of halogens is 1. The molecule has 7 heteroatoms. The number of benzene rings is 2. The van der Waals surface area contributed by atoms with Gasteiger partial charge in [-0.15, -0.1) is 0 Å². The van der Waals surface area contributed by atoms with Crippen LogP contribution >= 0.6 is 0 Å². The summed E-state index contributed by atoms with van der Waals surface area (Å²) in [6, 6.07) is 19.4. The second kappa shape index (κ2) is 9.42. The average molecular weight is 445 g/mol. The lowest BCUT2D eigenvalue weighted by Gasteiger charge is -2.26. The summed E-state index contributed by atoms with van der Waals surface area (Å²) >= 11 is 0. The SMILES string of the molecule is O=C(NCC(c1ccco1)N1CCCC1)c1cn(-c2ccccc2)nc1-c1ccc(F)cc1. The predicted molar refractivity (Wildman–Crippen MR) is 124 cm³/mol. The number of amides is 1. The van der Waals surface area contributed by atoms with Crippen molar-refractivity contribution in [3.63, 3.8) is 0 Å². The van der Waals surface area contributed by atoms with E-state index < -0.39 is 0 Å². The number of para-hydroxylation sites is 1. The molecule has 1 amide bonds. The Hall–Kier alpha value is -3.71. The number of carbonyl (C=O) groups is 1. The second-order valence-corrected chi connectivity index (χ2v) is 8.16. The summed E-state index contributed by atoms with van der Waals surface area (Å²) in [7, 11) is 0. The summed E-state index contributed by atoms with van der Waals surface area (Å²) in [6.07, 6.45) is 5.67. The minimum atomic E-state index is -0.334. The molecular formula is C26H25FN4O2. The van der Waals surface area contributed by atoms with E-state index in [4.69, 9.17) is 4.42 Å². The lowest BCUT2D eigenvalue weighted by Crippen LogP contribution is -2.36. The van der Waals surface area contributed by atoms with Gasteiger partial charge in [-0.25, -0.2) is 9.07 Å². The van der Waals surface area contributed by atoms with Crippen LogP contribution in [0.2, 0.25) is 0 Å². The zero-order valence-electron chi connectivity index (χ0n) is 18.2. The molecule has 3 heterocycles. The standard InChI is InChI=1S/C26H25FN4O2/c27-20-12-10-19(11-13-20)25-22(18-31(29-25)21-7-2-1-3-8-21)26(32)28-17-23(24-9-6-16-33-24)30-14-4-5-15-30/h1-3,6-13,16,18,23H,4-5,14-15,17H2,(H,28,32). The molecule has 4 aromatic rings. The highest BCUT2D eigenvalue weighted by Gasteiger charge is 2.27. The van der Waals surface area contributed by atoms with Gasteiger partial charge in [-0.05, 0) is 74.5 Å². The number of carbonyl (C=O) groups excluding carboxylic acids is 1. The smallest absolute Gasteiger partial charge is 0.255 e. The molecule has 0 radical (unpaired) electrons. The molecule has 1 aliphatic rings. The molecule has 1 atom stereocenters. The number of hydrogen-bond acceptors (Lipinski definition) is 4. The van der Waals surface area contributed by atoms with Crippen molar-refractivity contribution in [2.45, 2.75) is 18.9 Å². The van der Waals surface area contributed by atoms with E-state index in [1.165, 1.54) is 12.1 Å². The Morgan fingerprint density at radius 3 is 2.48 bits per heavy atom. The summed E-state index contributed by atoms with van der Waals surface area (Å²) in [4.78, 5) is 15.7. The van der Waals surface area contributed by atoms with Crippen molar-refractivity contribution in [1.82, 2.24) is 20.0 Å². The van der Waals surface area contributed by atoms with Gasteiger partial charge in [0.1, 0.15) is 17.3 Å². The molecule has 0 bridgehead atoms. The average Bonchev–Trinajstić information content (AvgIpc) is 3.62. The van der Waals surface area contributed by atoms with E-state index in [0.717, 1.165) is 37.4 Å². The zero-order valence-corrected chi connectivity index (χ0v) is 18.2. The lowest BCUT2D eigenvalue weighted by atomic mass is 10.1. The molecule has 1 N–H and O–H groups in total. The van der Waals surface area contributed by atoms with E-state index in [1.807, 2.05) is 42.5 Å². The number of nitrogens with zero attached hydrogens (tertiary/aromatic N) is 3. The summed E-state index contributed by atoms with van der Waals surface area (Å²) in [5, 5.41) is 7.74. The van der Waals surface area contributed by atoms with E-state index in [1.54, 1.807) is 29.3 Å². The highest BCUT2D eigenvalue weighted by molar-refractivity contribution is 6.00. The summed E-state index contributed by atoms with van der Waals surface area (Å²) < 4.78 is 20.9. The van der Waals surface area contributed by atoms with Crippen LogP contribution < -0.4 is 5.32 Å². The Kier molecular flexibility index (Phi) is 6.04. The van der Waals surface area contributed by atoms with Gasteiger partial charge < -0.3 is 9.73 Å². The van der Waals surface area contributed by atoms with Crippen molar-refractivity contribution in [3.05, 3.63) is 96.3 Å². The van der Waals surface area contributed by atoms with E-state index in [-0.39, 0.29) is 17.8 Å². The number of likely N-dealkylation sites (tertiary alicyclic amines) is 1. The van der Waals surface area contributed by atoms with Gasteiger partial charge in [-0.1, -0.05) is 18.2 Å². The fraction of sp³-hybridized carbons (Fsp3) is 0.231. The highest BCUT2D eigenvalue weighted by atomic mass is 19.1. The number of nitrogens with one attached hydrogen (secondary N) is 1. The maximum atomic E-state index is 13.5. The third kappa shape index (κ3) is 4.59. The second-order valence-electron chi connectivity index (χ2n) is 8.16. The monoisotopic (exact) mass is 444 g/mol. The van der Waals surface area contributed by atoms with Crippen molar-refractivity contribution in [3.8, 4) is 16.9 Å². The molecule has 0 spiro atoms. The Bertz CT molecular complexity index is 1200. The highest BCUT2D eigenvalue weighted by Crippen LogP contribution is 2.27. The van der Waals surface area contributed by atoms with Gasteiger partial charge in [0.25, 0.3) is 5.91 Å². The summed E-state index contributed by atoms with van der Waals surface area (Å²) in [5.41, 5.74) is 2.46. The van der Waals surface area contributed by atoms with Crippen LogP contribution in [0.1, 0.15) is 35.0 Å². The Morgan fingerprint density at radius 2 is 1.79 bits per heavy atom.